The van der Waals surface area contributed by atoms with Crippen LogP contribution in [0, 0.1) is 0 Å². The third kappa shape index (κ3) is 5.83. The third-order valence-electron chi connectivity index (χ3n) is 3.25. The lowest BCUT2D eigenvalue weighted by Gasteiger charge is -2.14. The van der Waals surface area contributed by atoms with Gasteiger partial charge in [0.15, 0.2) is 11.5 Å². The minimum atomic E-state index is 0.0840. The van der Waals surface area contributed by atoms with E-state index in [4.69, 9.17) is 32.7 Å². The van der Waals surface area contributed by atoms with E-state index >= 15 is 0 Å². The van der Waals surface area contributed by atoms with Crippen LogP contribution in [-0.4, -0.2) is 18.9 Å². The van der Waals surface area contributed by atoms with E-state index in [9.17, 15) is 0 Å². The van der Waals surface area contributed by atoms with Crippen LogP contribution in [0.3, 0.4) is 0 Å². The number of halogens is 2. The van der Waals surface area contributed by atoms with Gasteiger partial charge < -0.3 is 14.9 Å². The second-order valence-corrected chi connectivity index (χ2v) is 6.41. The molecule has 0 saturated carbocycles. The number of ether oxygens (including phenoxy) is 2. The van der Waals surface area contributed by atoms with Gasteiger partial charge in [0.2, 0.25) is 0 Å². The maximum atomic E-state index is 6.13. The van der Waals surface area contributed by atoms with Crippen molar-refractivity contribution >= 4 is 29.4 Å². The lowest BCUT2D eigenvalue weighted by Crippen LogP contribution is -2.08. The summed E-state index contributed by atoms with van der Waals surface area (Å²) in [4.78, 5) is 0. The quantitative estimate of drug-likeness (QED) is 0.498. The molecular formula is C19H22Cl2N2O2. The van der Waals surface area contributed by atoms with Crippen LogP contribution >= 0.6 is 23.2 Å². The largest absolute Gasteiger partial charge is 0.490 e. The maximum Gasteiger partial charge on any atom is 0.161 e. The number of rotatable bonds is 8. The van der Waals surface area contributed by atoms with Gasteiger partial charge in [-0.15, -0.1) is 0 Å². The van der Waals surface area contributed by atoms with E-state index in [-0.39, 0.29) is 6.10 Å². The molecule has 1 N–H and O–H groups in total. The van der Waals surface area contributed by atoms with Crippen molar-refractivity contribution in [3.8, 4) is 11.5 Å². The highest BCUT2D eigenvalue weighted by molar-refractivity contribution is 6.35. The molecule has 134 valence electrons. The summed E-state index contributed by atoms with van der Waals surface area (Å²) in [7, 11) is 0. The number of nitrogens with one attached hydrogen (secondary N) is 1. The summed E-state index contributed by atoms with van der Waals surface area (Å²) in [5.41, 5.74) is 4.68. The topological polar surface area (TPSA) is 42.8 Å². The Morgan fingerprint density at radius 1 is 1.12 bits per heavy atom. The van der Waals surface area contributed by atoms with Crippen LogP contribution in [0.4, 0.5) is 0 Å². The normalized spacial score (nSPS) is 11.1. The zero-order chi connectivity index (χ0) is 18.2. The molecule has 0 spiro atoms. The SMILES string of the molecule is CCOc1cc(/C=N\NCc2c(Cl)cccc2Cl)ccc1OC(C)C. The summed E-state index contributed by atoms with van der Waals surface area (Å²) in [6, 6.07) is 11.1. The minimum Gasteiger partial charge on any atom is -0.490 e. The Morgan fingerprint density at radius 3 is 2.48 bits per heavy atom. The van der Waals surface area contributed by atoms with Gasteiger partial charge in [0.1, 0.15) is 0 Å². The Morgan fingerprint density at radius 2 is 1.84 bits per heavy atom. The van der Waals surface area contributed by atoms with Crippen molar-refractivity contribution in [2.75, 3.05) is 6.61 Å². The highest BCUT2D eigenvalue weighted by atomic mass is 35.5. The maximum absolute atomic E-state index is 6.13. The predicted molar refractivity (Wildman–Crippen MR) is 104 cm³/mol. The molecular weight excluding hydrogens is 359 g/mol. The van der Waals surface area contributed by atoms with Crippen molar-refractivity contribution in [3.05, 3.63) is 57.6 Å². The Kier molecular flexibility index (Phi) is 7.41. The summed E-state index contributed by atoms with van der Waals surface area (Å²) in [5, 5.41) is 5.45. The summed E-state index contributed by atoms with van der Waals surface area (Å²) >= 11 is 12.3. The van der Waals surface area contributed by atoms with Crippen molar-refractivity contribution in [1.82, 2.24) is 5.43 Å². The standard InChI is InChI=1S/C19H22Cl2N2O2/c1-4-24-19-10-14(8-9-18(19)25-13(2)3)11-22-23-12-15-16(20)6-5-7-17(15)21/h5-11,13,23H,4,12H2,1-3H3/b22-11-. The molecule has 6 heteroatoms. The minimum absolute atomic E-state index is 0.0840. The summed E-state index contributed by atoms with van der Waals surface area (Å²) in [6.07, 6.45) is 1.80. The molecule has 25 heavy (non-hydrogen) atoms. The Hall–Kier alpha value is -1.91. The van der Waals surface area contributed by atoms with Crippen molar-refractivity contribution in [1.29, 1.82) is 0 Å². The molecule has 0 bridgehead atoms. The smallest absolute Gasteiger partial charge is 0.161 e. The highest BCUT2D eigenvalue weighted by Crippen LogP contribution is 2.29. The fourth-order valence-electron chi connectivity index (χ4n) is 2.17. The van der Waals surface area contributed by atoms with Gasteiger partial charge in [-0.25, -0.2) is 0 Å². The van der Waals surface area contributed by atoms with Crippen LogP contribution in [0.25, 0.3) is 0 Å². The van der Waals surface area contributed by atoms with Gasteiger partial charge in [0, 0.05) is 15.6 Å². The van der Waals surface area contributed by atoms with Gasteiger partial charge in [-0.1, -0.05) is 29.3 Å². The van der Waals surface area contributed by atoms with Crippen molar-refractivity contribution in [3.63, 3.8) is 0 Å². The van der Waals surface area contributed by atoms with Gasteiger partial charge in [-0.3, -0.25) is 0 Å². The average Bonchev–Trinajstić information content (AvgIpc) is 2.56. The second-order valence-electron chi connectivity index (χ2n) is 5.60. The Bertz CT molecular complexity index is 713. The molecule has 0 aliphatic heterocycles. The van der Waals surface area contributed by atoms with Crippen molar-refractivity contribution in [2.24, 2.45) is 5.10 Å². The summed E-state index contributed by atoms with van der Waals surface area (Å²) in [6.45, 7) is 6.92. The molecule has 0 aromatic heterocycles. The van der Waals surface area contributed by atoms with E-state index in [1.807, 2.05) is 45.0 Å². The van der Waals surface area contributed by atoms with Crippen molar-refractivity contribution in [2.45, 2.75) is 33.4 Å². The molecule has 0 amide bonds. The molecule has 0 aliphatic carbocycles. The third-order valence-corrected chi connectivity index (χ3v) is 3.96. The van der Waals surface area contributed by atoms with Crippen LogP contribution in [0.5, 0.6) is 11.5 Å². The second kappa shape index (κ2) is 9.54. The molecule has 2 aromatic carbocycles. The van der Waals surface area contributed by atoms with E-state index in [1.54, 1.807) is 18.3 Å². The average molecular weight is 381 g/mol. The Balaban J connectivity index is 2.04. The van der Waals surface area contributed by atoms with Crippen LogP contribution < -0.4 is 14.9 Å². The molecule has 0 radical (unpaired) electrons. The van der Waals surface area contributed by atoms with Crippen LogP contribution in [-0.2, 0) is 6.54 Å². The van der Waals surface area contributed by atoms with E-state index in [0.717, 1.165) is 16.9 Å². The van der Waals surface area contributed by atoms with Gasteiger partial charge >= 0.3 is 0 Å². The number of nitrogens with zero attached hydrogens (tertiary/aromatic N) is 1. The van der Waals surface area contributed by atoms with Crippen molar-refractivity contribution < 1.29 is 9.47 Å². The predicted octanol–water partition coefficient (Wildman–Crippen LogP) is 5.30. The van der Waals surface area contributed by atoms with Crippen LogP contribution in [0.15, 0.2) is 41.5 Å². The fraction of sp³-hybridized carbons (Fsp3) is 0.316. The molecule has 2 rings (SSSR count). The first-order valence-corrected chi connectivity index (χ1v) is 8.89. The molecule has 4 nitrogen and oxygen atoms in total. The number of hydrogen-bond donors (Lipinski definition) is 1. The molecule has 0 aliphatic rings. The lowest BCUT2D eigenvalue weighted by atomic mass is 10.2. The van der Waals surface area contributed by atoms with E-state index < -0.39 is 0 Å². The first kappa shape index (κ1) is 19.4. The lowest BCUT2D eigenvalue weighted by molar-refractivity contribution is 0.224. The van der Waals surface area contributed by atoms with E-state index in [0.29, 0.717) is 28.9 Å². The summed E-state index contributed by atoms with van der Waals surface area (Å²) in [5.74, 6) is 1.43. The first-order chi connectivity index (χ1) is 12.0. The molecule has 0 fully saturated rings. The molecule has 2 aromatic rings. The Labute approximate surface area is 158 Å². The monoisotopic (exact) mass is 380 g/mol. The summed E-state index contributed by atoms with van der Waals surface area (Å²) < 4.78 is 11.4. The van der Waals surface area contributed by atoms with Gasteiger partial charge in [-0.05, 0) is 56.7 Å². The first-order valence-electron chi connectivity index (χ1n) is 8.13. The van der Waals surface area contributed by atoms with Gasteiger partial charge in [0.05, 0.1) is 25.5 Å². The van der Waals surface area contributed by atoms with E-state index in [1.165, 1.54) is 0 Å². The zero-order valence-corrected chi connectivity index (χ0v) is 16.1. The van der Waals surface area contributed by atoms with Crippen LogP contribution in [0.2, 0.25) is 10.0 Å². The van der Waals surface area contributed by atoms with Gasteiger partial charge in [-0.2, -0.15) is 5.10 Å². The molecule has 0 unspecified atom stereocenters. The highest BCUT2D eigenvalue weighted by Gasteiger charge is 2.08. The molecule has 0 heterocycles. The number of benzene rings is 2. The van der Waals surface area contributed by atoms with Crippen LogP contribution in [0.1, 0.15) is 31.9 Å². The number of hydrazone groups is 1. The van der Waals surface area contributed by atoms with E-state index in [2.05, 4.69) is 10.5 Å². The zero-order valence-electron chi connectivity index (χ0n) is 14.6. The fourth-order valence-corrected chi connectivity index (χ4v) is 2.70. The van der Waals surface area contributed by atoms with Gasteiger partial charge in [0.25, 0.3) is 0 Å². The molecule has 0 saturated heterocycles. The molecule has 0 atom stereocenters. The number of hydrogen-bond acceptors (Lipinski definition) is 4.